The van der Waals surface area contributed by atoms with Gasteiger partial charge in [-0.15, -0.1) is 11.3 Å². The molecule has 0 spiro atoms. The van der Waals surface area contributed by atoms with Gasteiger partial charge in [-0.1, -0.05) is 66.6 Å². The molecular formula is C30H38N2O3S. The van der Waals surface area contributed by atoms with Crippen LogP contribution in [0.15, 0.2) is 76.8 Å². The molecule has 5 nitrogen and oxygen atoms in total. The minimum Gasteiger partial charge on any atom is -0.478 e. The van der Waals surface area contributed by atoms with Gasteiger partial charge in [-0.05, 0) is 56.9 Å². The Bertz CT molecular complexity index is 1160. The summed E-state index contributed by atoms with van der Waals surface area (Å²) in [5, 5.41) is 10.8. The number of benzene rings is 2. The number of allylic oxidation sites excluding steroid dienone is 2. The summed E-state index contributed by atoms with van der Waals surface area (Å²) >= 11 is 1.44. The zero-order valence-corrected chi connectivity index (χ0v) is 23.4. The van der Waals surface area contributed by atoms with Crippen molar-refractivity contribution in [2.24, 2.45) is 0 Å². The van der Waals surface area contributed by atoms with E-state index >= 15 is 0 Å². The number of aryl methyl sites for hydroxylation is 3. The number of nitrogens with zero attached hydrogens (tertiary/aromatic N) is 2. The molecule has 0 fully saturated rings. The van der Waals surface area contributed by atoms with Crippen molar-refractivity contribution in [1.82, 2.24) is 9.88 Å². The van der Waals surface area contributed by atoms with Crippen LogP contribution in [0, 0.1) is 13.8 Å². The molecular weight excluding hydrogens is 468 g/mol. The number of likely N-dealkylation sites (N-methyl/N-ethyl adjacent to an activating group) is 1. The molecule has 0 atom stereocenters. The van der Waals surface area contributed by atoms with Crippen molar-refractivity contribution in [1.29, 1.82) is 0 Å². The van der Waals surface area contributed by atoms with Crippen LogP contribution in [0.25, 0.3) is 5.57 Å². The zero-order chi connectivity index (χ0) is 27.3. The highest BCUT2D eigenvalue weighted by molar-refractivity contribution is 7.07. The van der Waals surface area contributed by atoms with E-state index in [9.17, 15) is 9.59 Å². The van der Waals surface area contributed by atoms with Crippen molar-refractivity contribution >= 4 is 28.7 Å². The standard InChI is InChI=1S/C16H21NO2.C9H12.C5H5NOS/c1-11-6-8-14(9-7-11)12(2)10-15(17(4)5)13(3)16(18)19;1-3-9-6-4-8(2)5-7-9;1-4(7)5-2-8-3-6-5/h6-10H,1-5H3,(H,18,19);4-7H,3H2,1-2H3;2-3H,1H3/b12-10+,15-13-;;. The summed E-state index contributed by atoms with van der Waals surface area (Å²) in [5.41, 5.74) is 9.38. The van der Waals surface area contributed by atoms with Gasteiger partial charge in [0.05, 0.1) is 11.1 Å². The minimum absolute atomic E-state index is 0.0336. The molecule has 0 unspecified atom stereocenters. The molecule has 0 bridgehead atoms. The monoisotopic (exact) mass is 506 g/mol. The number of carboxylic acids is 1. The number of carbonyl (C=O) groups is 2. The number of thiazole rings is 1. The number of aliphatic carboxylic acids is 1. The molecule has 0 aliphatic rings. The van der Waals surface area contributed by atoms with Gasteiger partial charge >= 0.3 is 5.97 Å². The number of hydrogen-bond donors (Lipinski definition) is 1. The average Bonchev–Trinajstić information content (AvgIpc) is 3.39. The zero-order valence-electron chi connectivity index (χ0n) is 22.6. The molecule has 192 valence electrons. The Hall–Kier alpha value is -3.51. The number of rotatable bonds is 6. The second kappa shape index (κ2) is 15.5. The molecule has 0 radical (unpaired) electrons. The Morgan fingerprint density at radius 1 is 0.944 bits per heavy atom. The smallest absolute Gasteiger partial charge is 0.333 e. The van der Waals surface area contributed by atoms with E-state index in [-0.39, 0.29) is 5.78 Å². The molecule has 0 saturated heterocycles. The predicted molar refractivity (Wildman–Crippen MR) is 152 cm³/mol. The van der Waals surface area contributed by atoms with Crippen LogP contribution in [0.4, 0.5) is 0 Å². The van der Waals surface area contributed by atoms with Gasteiger partial charge in [0.25, 0.3) is 0 Å². The lowest BCUT2D eigenvalue weighted by molar-refractivity contribution is -0.132. The average molecular weight is 507 g/mol. The van der Waals surface area contributed by atoms with Gasteiger partial charge in [0.15, 0.2) is 5.78 Å². The Kier molecular flexibility index (Phi) is 13.1. The Labute approximate surface area is 219 Å². The summed E-state index contributed by atoms with van der Waals surface area (Å²) in [6.45, 7) is 11.4. The van der Waals surface area contributed by atoms with Gasteiger partial charge in [0.1, 0.15) is 5.69 Å². The van der Waals surface area contributed by atoms with Crippen molar-refractivity contribution in [3.8, 4) is 0 Å². The van der Waals surface area contributed by atoms with Crippen LogP contribution in [0.5, 0.6) is 0 Å². The fourth-order valence-electron chi connectivity index (χ4n) is 3.00. The van der Waals surface area contributed by atoms with Crippen molar-refractivity contribution in [2.75, 3.05) is 14.1 Å². The Balaban J connectivity index is 0.000000313. The number of aromatic nitrogens is 1. The van der Waals surface area contributed by atoms with Crippen molar-refractivity contribution in [3.05, 3.63) is 105 Å². The van der Waals surface area contributed by atoms with Gasteiger partial charge in [0, 0.05) is 32.1 Å². The molecule has 3 aromatic rings. The van der Waals surface area contributed by atoms with Crippen molar-refractivity contribution in [2.45, 2.75) is 48.0 Å². The van der Waals surface area contributed by atoms with E-state index in [0.717, 1.165) is 17.6 Å². The highest BCUT2D eigenvalue weighted by Gasteiger charge is 2.10. The maximum Gasteiger partial charge on any atom is 0.333 e. The van der Waals surface area contributed by atoms with Gasteiger partial charge in [-0.25, -0.2) is 9.78 Å². The van der Waals surface area contributed by atoms with Gasteiger partial charge < -0.3 is 10.0 Å². The lowest BCUT2D eigenvalue weighted by Gasteiger charge is -2.17. The first kappa shape index (κ1) is 30.5. The third-order valence-electron chi connectivity index (χ3n) is 5.37. The second-order valence-corrected chi connectivity index (χ2v) is 9.39. The predicted octanol–water partition coefficient (Wildman–Crippen LogP) is 7.22. The van der Waals surface area contributed by atoms with Crippen LogP contribution < -0.4 is 0 Å². The first-order valence-electron chi connectivity index (χ1n) is 11.8. The molecule has 0 aliphatic heterocycles. The van der Waals surface area contributed by atoms with E-state index in [1.54, 1.807) is 17.8 Å². The number of carbonyl (C=O) groups excluding carboxylic acids is 1. The van der Waals surface area contributed by atoms with E-state index in [1.165, 1.54) is 35.0 Å². The summed E-state index contributed by atoms with van der Waals surface area (Å²) in [7, 11) is 3.70. The molecule has 6 heteroatoms. The van der Waals surface area contributed by atoms with Crippen molar-refractivity contribution < 1.29 is 14.7 Å². The maximum atomic E-state index is 11.1. The first-order valence-corrected chi connectivity index (χ1v) is 12.7. The van der Waals surface area contributed by atoms with Crippen LogP contribution >= 0.6 is 11.3 Å². The van der Waals surface area contributed by atoms with Crippen LogP contribution in [-0.4, -0.2) is 40.8 Å². The van der Waals surface area contributed by atoms with E-state index < -0.39 is 5.97 Å². The lowest BCUT2D eigenvalue weighted by Crippen LogP contribution is -2.15. The molecule has 0 aliphatic carbocycles. The van der Waals surface area contributed by atoms with E-state index in [4.69, 9.17) is 5.11 Å². The molecule has 0 saturated carbocycles. The normalized spacial score (nSPS) is 11.3. The third kappa shape index (κ3) is 10.8. The summed E-state index contributed by atoms with van der Waals surface area (Å²) in [5.74, 6) is -0.858. The molecule has 1 aromatic heterocycles. The van der Waals surface area contributed by atoms with Crippen LogP contribution in [-0.2, 0) is 11.2 Å². The minimum atomic E-state index is -0.892. The molecule has 3 rings (SSSR count). The molecule has 36 heavy (non-hydrogen) atoms. The number of carboxylic acid groups (broad SMARTS) is 1. The summed E-state index contributed by atoms with van der Waals surface area (Å²) in [6.07, 6.45) is 3.05. The molecule has 0 amide bonds. The van der Waals surface area contributed by atoms with E-state index in [0.29, 0.717) is 17.0 Å². The maximum absolute atomic E-state index is 11.1. The van der Waals surface area contributed by atoms with Crippen LogP contribution in [0.1, 0.15) is 60.4 Å². The van der Waals surface area contributed by atoms with E-state index in [1.807, 2.05) is 51.1 Å². The summed E-state index contributed by atoms with van der Waals surface area (Å²) in [6, 6.07) is 16.9. The highest BCUT2D eigenvalue weighted by atomic mass is 32.1. The highest BCUT2D eigenvalue weighted by Crippen LogP contribution is 2.19. The SMILES string of the molecule is C/C(C(=O)O)=C(\C=C(/C)c1ccc(C)cc1)N(C)C.CC(=O)c1cscn1.CCc1ccc(C)cc1. The molecule has 1 heterocycles. The van der Waals surface area contributed by atoms with Gasteiger partial charge in [-0.3, -0.25) is 4.79 Å². The summed E-state index contributed by atoms with van der Waals surface area (Å²) in [4.78, 5) is 27.1. The largest absolute Gasteiger partial charge is 0.478 e. The van der Waals surface area contributed by atoms with Crippen molar-refractivity contribution in [3.63, 3.8) is 0 Å². The van der Waals surface area contributed by atoms with Gasteiger partial charge in [0.2, 0.25) is 0 Å². The number of Topliss-reactive ketones (excluding diaryl/α,β-unsaturated/α-hetero) is 1. The Morgan fingerprint density at radius 3 is 1.83 bits per heavy atom. The molecule has 2 aromatic carbocycles. The van der Waals surface area contributed by atoms with Crippen LogP contribution in [0.3, 0.4) is 0 Å². The molecule has 1 N–H and O–H groups in total. The fourth-order valence-corrected chi connectivity index (χ4v) is 3.59. The number of ketones is 1. The number of hydrogen-bond acceptors (Lipinski definition) is 5. The van der Waals surface area contributed by atoms with Gasteiger partial charge in [-0.2, -0.15) is 0 Å². The topological polar surface area (TPSA) is 70.5 Å². The third-order valence-corrected chi connectivity index (χ3v) is 5.96. The fraction of sp³-hybridized carbons (Fsp3) is 0.300. The lowest BCUT2D eigenvalue weighted by atomic mass is 10.0. The van der Waals surface area contributed by atoms with E-state index in [2.05, 4.69) is 55.2 Å². The quantitative estimate of drug-likeness (QED) is 0.217. The second-order valence-electron chi connectivity index (χ2n) is 8.67. The first-order chi connectivity index (χ1) is 17.0. The summed E-state index contributed by atoms with van der Waals surface area (Å²) < 4.78 is 0. The van der Waals surface area contributed by atoms with Crippen LogP contribution in [0.2, 0.25) is 0 Å². The Morgan fingerprint density at radius 2 is 1.47 bits per heavy atom.